The smallest absolute Gasteiger partial charge is 0.283 e. The van der Waals surface area contributed by atoms with Gasteiger partial charge < -0.3 is 39.5 Å². The lowest BCUT2D eigenvalue weighted by Crippen LogP contribution is -2.67. The van der Waals surface area contributed by atoms with Crippen LogP contribution in [0.4, 0.5) is 5.69 Å². The van der Waals surface area contributed by atoms with Gasteiger partial charge in [-0.1, -0.05) is 29.4 Å². The number of fused-ring (bicyclic) bond motifs is 1. The topological polar surface area (TPSA) is 135 Å². The molecule has 5 N–H and O–H groups in total. The number of aromatic amines is 1. The van der Waals surface area contributed by atoms with E-state index in [1.54, 1.807) is 52.8 Å². The molecule has 5 aromatic rings. The molecule has 0 saturated carbocycles. The third kappa shape index (κ3) is 5.16. The fraction of sp³-hybridized carbons (Fsp3) is 0.200. The number of aromatic nitrogens is 2. The molecule has 1 atom stereocenters. The van der Waals surface area contributed by atoms with Crippen LogP contribution in [0.25, 0.3) is 33.4 Å². The van der Waals surface area contributed by atoms with Gasteiger partial charge in [-0.3, -0.25) is 4.79 Å². The number of methoxy groups -OCH3 is 4. The fourth-order valence-corrected chi connectivity index (χ4v) is 4.68. The highest BCUT2D eigenvalue weighted by atomic mass is 16.5. The highest BCUT2D eigenvalue weighted by Crippen LogP contribution is 2.44. The van der Waals surface area contributed by atoms with Crippen molar-refractivity contribution < 1.29 is 34.0 Å². The van der Waals surface area contributed by atoms with Crippen molar-refractivity contribution in [3.63, 3.8) is 0 Å². The molecular formula is C30H31N4O6+. The van der Waals surface area contributed by atoms with Gasteiger partial charge in [0, 0.05) is 28.8 Å². The van der Waals surface area contributed by atoms with Gasteiger partial charge in [-0.05, 0) is 47.3 Å². The molecule has 206 valence electrons. The number of nitrogens with zero attached hydrogens (tertiary/aromatic N) is 1. The highest BCUT2D eigenvalue weighted by Gasteiger charge is 2.23. The normalized spacial score (nSPS) is 11.7. The number of hydrogen-bond acceptors (Lipinski definition) is 7. The zero-order valence-corrected chi connectivity index (χ0v) is 22.7. The number of anilines is 1. The second-order valence-electron chi connectivity index (χ2n) is 9.17. The van der Waals surface area contributed by atoms with E-state index >= 15 is 0 Å². The third-order valence-corrected chi connectivity index (χ3v) is 6.69. The van der Waals surface area contributed by atoms with Gasteiger partial charge in [-0.2, -0.15) is 0 Å². The van der Waals surface area contributed by atoms with Crippen LogP contribution >= 0.6 is 0 Å². The van der Waals surface area contributed by atoms with Crippen molar-refractivity contribution in [2.75, 3.05) is 33.8 Å². The SMILES string of the molecule is COc1ccc(-c2cnoc2-c2cc(OC)c(OC)c(OC)c2)cc1NC(=O)C([NH3+])Cc1cc2ccccc2[nH]1. The Kier molecular flexibility index (Phi) is 7.61. The Morgan fingerprint density at radius 1 is 0.925 bits per heavy atom. The molecule has 0 saturated heterocycles. The van der Waals surface area contributed by atoms with Crippen LogP contribution in [0.3, 0.4) is 0 Å². The zero-order chi connectivity index (χ0) is 28.2. The monoisotopic (exact) mass is 543 g/mol. The van der Waals surface area contributed by atoms with Gasteiger partial charge in [0.05, 0.1) is 40.3 Å². The number of rotatable bonds is 10. The summed E-state index contributed by atoms with van der Waals surface area (Å²) in [5, 5.41) is 8.11. The van der Waals surface area contributed by atoms with Gasteiger partial charge in [0.25, 0.3) is 5.91 Å². The number of nitrogens with one attached hydrogen (secondary N) is 2. The van der Waals surface area contributed by atoms with Crippen molar-refractivity contribution in [3.8, 4) is 45.4 Å². The molecule has 0 aliphatic rings. The number of ether oxygens (including phenoxy) is 4. The van der Waals surface area contributed by atoms with Crippen molar-refractivity contribution in [1.82, 2.24) is 10.1 Å². The van der Waals surface area contributed by atoms with Gasteiger partial charge in [-0.25, -0.2) is 0 Å². The van der Waals surface area contributed by atoms with E-state index in [4.69, 9.17) is 23.5 Å². The highest BCUT2D eigenvalue weighted by molar-refractivity contribution is 5.96. The number of benzene rings is 3. The largest absolute Gasteiger partial charge is 0.495 e. The van der Waals surface area contributed by atoms with Gasteiger partial charge in [0.1, 0.15) is 5.75 Å². The molecule has 0 radical (unpaired) electrons. The maximum atomic E-state index is 13.2. The number of carbonyl (C=O) groups is 1. The molecule has 5 rings (SSSR count). The molecule has 1 amide bonds. The van der Waals surface area contributed by atoms with E-state index < -0.39 is 6.04 Å². The maximum absolute atomic E-state index is 13.2. The zero-order valence-electron chi connectivity index (χ0n) is 22.7. The van der Waals surface area contributed by atoms with Crippen molar-refractivity contribution in [1.29, 1.82) is 0 Å². The van der Waals surface area contributed by atoms with E-state index in [1.807, 2.05) is 42.5 Å². The predicted octanol–water partition coefficient (Wildman–Crippen LogP) is 4.32. The van der Waals surface area contributed by atoms with Crippen LogP contribution < -0.4 is 30.0 Å². The van der Waals surface area contributed by atoms with Gasteiger partial charge in [-0.15, -0.1) is 0 Å². The number of H-pyrrole nitrogens is 1. The second kappa shape index (κ2) is 11.4. The Hall–Kier alpha value is -4.96. The van der Waals surface area contributed by atoms with Crippen LogP contribution in [0.15, 0.2) is 71.4 Å². The minimum absolute atomic E-state index is 0.232. The molecule has 3 aromatic carbocycles. The minimum Gasteiger partial charge on any atom is -0.495 e. The molecule has 2 aromatic heterocycles. The number of carbonyl (C=O) groups excluding carboxylic acids is 1. The Labute approximate surface area is 231 Å². The number of para-hydroxylation sites is 1. The first kappa shape index (κ1) is 26.6. The molecule has 0 aliphatic heterocycles. The molecule has 10 nitrogen and oxygen atoms in total. The average molecular weight is 544 g/mol. The van der Waals surface area contributed by atoms with E-state index in [9.17, 15) is 4.79 Å². The predicted molar refractivity (Wildman–Crippen MR) is 151 cm³/mol. The molecule has 0 fully saturated rings. The van der Waals surface area contributed by atoms with Crippen molar-refractivity contribution >= 4 is 22.5 Å². The fourth-order valence-electron chi connectivity index (χ4n) is 4.68. The standard InChI is InChI=1S/C30H30N4O6/c1-36-25-10-9-17(21-16-32-40-28(21)19-13-26(37-2)29(39-4)27(14-19)38-3)12-24(25)34-30(35)22(31)15-20-11-18-7-5-6-8-23(18)33-20/h5-14,16,22,33H,15,31H2,1-4H3,(H,34,35)/p+1. The van der Waals surface area contributed by atoms with Crippen molar-refractivity contribution in [2.45, 2.75) is 12.5 Å². The molecule has 1 unspecified atom stereocenters. The Morgan fingerprint density at radius 2 is 1.65 bits per heavy atom. The van der Waals surface area contributed by atoms with E-state index in [0.717, 1.165) is 22.2 Å². The molecule has 10 heteroatoms. The van der Waals surface area contributed by atoms with E-state index in [-0.39, 0.29) is 5.91 Å². The van der Waals surface area contributed by atoms with Gasteiger partial charge in [0.2, 0.25) is 5.75 Å². The van der Waals surface area contributed by atoms with Gasteiger partial charge >= 0.3 is 0 Å². The summed E-state index contributed by atoms with van der Waals surface area (Å²) in [7, 11) is 6.20. The molecule has 40 heavy (non-hydrogen) atoms. The van der Waals surface area contributed by atoms with E-state index in [1.165, 1.54) is 0 Å². The number of amides is 1. The summed E-state index contributed by atoms with van der Waals surface area (Å²) in [4.78, 5) is 16.5. The number of hydrogen-bond donors (Lipinski definition) is 3. The first-order valence-electron chi connectivity index (χ1n) is 12.6. The average Bonchev–Trinajstić information content (AvgIpc) is 3.63. The summed E-state index contributed by atoms with van der Waals surface area (Å²) in [6, 6.07) is 18.5. The summed E-state index contributed by atoms with van der Waals surface area (Å²) in [6.45, 7) is 0. The summed E-state index contributed by atoms with van der Waals surface area (Å²) >= 11 is 0. The van der Waals surface area contributed by atoms with Gasteiger partial charge in [0.15, 0.2) is 23.3 Å². The van der Waals surface area contributed by atoms with Crippen LogP contribution in [-0.2, 0) is 11.2 Å². The summed E-state index contributed by atoms with van der Waals surface area (Å²) in [5.41, 5.74) is 8.72. The molecule has 2 heterocycles. The molecule has 0 spiro atoms. The summed E-state index contributed by atoms with van der Waals surface area (Å²) in [6.07, 6.45) is 2.07. The lowest BCUT2D eigenvalue weighted by atomic mass is 10.0. The Bertz CT molecular complexity index is 1600. The van der Waals surface area contributed by atoms with Crippen LogP contribution in [0.1, 0.15) is 5.69 Å². The van der Waals surface area contributed by atoms with Crippen molar-refractivity contribution in [3.05, 3.63) is 72.6 Å². The van der Waals surface area contributed by atoms with E-state index in [0.29, 0.717) is 52.0 Å². The number of quaternary nitrogens is 1. The summed E-state index contributed by atoms with van der Waals surface area (Å²) in [5.74, 6) is 2.22. The summed E-state index contributed by atoms with van der Waals surface area (Å²) < 4.78 is 27.6. The maximum Gasteiger partial charge on any atom is 0.283 e. The lowest BCUT2D eigenvalue weighted by molar-refractivity contribution is -0.402. The first-order valence-corrected chi connectivity index (χ1v) is 12.6. The first-order chi connectivity index (χ1) is 19.4. The van der Waals surface area contributed by atoms with E-state index in [2.05, 4.69) is 21.2 Å². The molecular weight excluding hydrogens is 512 g/mol. The minimum atomic E-state index is -0.535. The second-order valence-corrected chi connectivity index (χ2v) is 9.17. The lowest BCUT2D eigenvalue weighted by Gasteiger charge is -2.15. The van der Waals surface area contributed by atoms with Crippen LogP contribution in [-0.4, -0.2) is 50.5 Å². The molecule has 0 bridgehead atoms. The van der Waals surface area contributed by atoms with Crippen LogP contribution in [0.2, 0.25) is 0 Å². The van der Waals surface area contributed by atoms with Crippen LogP contribution in [0.5, 0.6) is 23.0 Å². The Morgan fingerprint density at radius 3 is 2.33 bits per heavy atom. The Balaban J connectivity index is 1.42. The van der Waals surface area contributed by atoms with Crippen LogP contribution in [0, 0.1) is 0 Å². The molecule has 0 aliphatic carbocycles. The quantitative estimate of drug-likeness (QED) is 0.239. The van der Waals surface area contributed by atoms with Crippen molar-refractivity contribution in [2.24, 2.45) is 0 Å². The third-order valence-electron chi connectivity index (χ3n) is 6.69.